The van der Waals surface area contributed by atoms with Gasteiger partial charge in [-0.1, -0.05) is 58.9 Å². The normalized spacial score (nSPS) is 44.2. The molecule has 6 heteroatoms. The number of hydrogen-bond donors (Lipinski definition) is 2. The number of nitrogens with one attached hydrogen (secondary N) is 1. The number of ketones is 1. The predicted octanol–water partition coefficient (Wildman–Crippen LogP) is 7.48. The highest BCUT2D eigenvalue weighted by molar-refractivity contribution is 6.04. The number of quaternary nitrogens is 1. The fourth-order valence-electron chi connectivity index (χ4n) is 12.6. The standard InChI is InChI=1S/C38H53NO5/c1-23(2)27-14-17-38(33(41)44-8)19-18-36(6)28(31(27)38)12-13-30-35(5)22-25(20-24-10-9-11-26(21-24)39(42)43)32(40)34(3,4)29(35)15-16-37(30,36)7/h9-11,20-21,27-31,39,42H,1,12-19,22H2,2-8H3/t27-,28+,29-,30+,31-,35+,36-,37-,38-/m1/s1. The first kappa shape index (κ1) is 31.7. The average molecular weight is 604 g/mol. The fourth-order valence-corrected chi connectivity index (χ4v) is 12.6. The van der Waals surface area contributed by atoms with Crippen LogP contribution in [0, 0.1) is 61.9 Å². The highest BCUT2D eigenvalue weighted by atomic mass is 16.8. The van der Waals surface area contributed by atoms with Crippen LogP contribution in [-0.4, -0.2) is 24.1 Å². The van der Waals surface area contributed by atoms with E-state index in [4.69, 9.17) is 4.74 Å². The molecule has 0 heterocycles. The Morgan fingerprint density at radius 2 is 1.75 bits per heavy atom. The number of carbonyl (C=O) groups excluding carboxylic acids is 2. The van der Waals surface area contributed by atoms with E-state index >= 15 is 0 Å². The quantitative estimate of drug-likeness (QED) is 0.161. The zero-order valence-electron chi connectivity index (χ0n) is 27.9. The summed E-state index contributed by atoms with van der Waals surface area (Å²) in [4.78, 5) is 27.7. The van der Waals surface area contributed by atoms with Crippen LogP contribution in [0.2, 0.25) is 0 Å². The summed E-state index contributed by atoms with van der Waals surface area (Å²) in [6.45, 7) is 18.5. The summed E-state index contributed by atoms with van der Waals surface area (Å²) in [6.07, 6.45) is 10.9. The molecule has 0 spiro atoms. The summed E-state index contributed by atoms with van der Waals surface area (Å²) in [7, 11) is 1.56. The van der Waals surface area contributed by atoms with Gasteiger partial charge < -0.3 is 9.94 Å². The number of Topliss-reactive ketones (excluding diaryl/α,β-unsaturated/α-hetero) is 1. The van der Waals surface area contributed by atoms with Gasteiger partial charge in [0.25, 0.3) is 0 Å². The summed E-state index contributed by atoms with van der Waals surface area (Å²) in [6, 6.07) is 6.94. The van der Waals surface area contributed by atoms with Gasteiger partial charge in [-0.05, 0) is 128 Å². The lowest BCUT2D eigenvalue weighted by Crippen LogP contribution is -2.99. The summed E-state index contributed by atoms with van der Waals surface area (Å²) < 4.78 is 5.53. The Bertz CT molecular complexity index is 1410. The van der Waals surface area contributed by atoms with Gasteiger partial charge in [-0.2, -0.15) is 5.23 Å². The number of methoxy groups -OCH3 is 1. The van der Waals surface area contributed by atoms with Crippen LogP contribution in [-0.2, 0) is 14.3 Å². The largest absolute Gasteiger partial charge is 0.595 e. The van der Waals surface area contributed by atoms with Gasteiger partial charge >= 0.3 is 5.97 Å². The van der Waals surface area contributed by atoms with Crippen molar-refractivity contribution < 1.29 is 24.8 Å². The minimum absolute atomic E-state index is 0.00876. The molecule has 0 bridgehead atoms. The van der Waals surface area contributed by atoms with E-state index in [-0.39, 0.29) is 45.5 Å². The van der Waals surface area contributed by atoms with Crippen molar-refractivity contribution in [2.75, 3.05) is 7.11 Å². The third-order valence-electron chi connectivity index (χ3n) is 14.7. The summed E-state index contributed by atoms with van der Waals surface area (Å²) >= 11 is 0. The van der Waals surface area contributed by atoms with Gasteiger partial charge in [0.05, 0.1) is 12.5 Å². The number of benzene rings is 1. The van der Waals surface area contributed by atoms with E-state index in [1.807, 2.05) is 12.1 Å². The van der Waals surface area contributed by atoms with E-state index in [0.717, 1.165) is 68.9 Å². The Hall–Kier alpha value is -2.28. The van der Waals surface area contributed by atoms with Crippen molar-refractivity contribution in [3.8, 4) is 0 Å². The minimum atomic E-state index is -0.958. The molecule has 240 valence electrons. The van der Waals surface area contributed by atoms with Crippen molar-refractivity contribution >= 4 is 23.5 Å². The fraction of sp³-hybridized carbons (Fsp3) is 0.684. The Labute approximate surface area is 263 Å². The number of allylic oxidation sites excluding steroid dienone is 2. The van der Waals surface area contributed by atoms with E-state index in [2.05, 4.69) is 48.1 Å². The molecule has 5 aliphatic carbocycles. The third kappa shape index (κ3) is 4.15. The first-order valence-corrected chi connectivity index (χ1v) is 16.9. The van der Waals surface area contributed by atoms with E-state index < -0.39 is 16.1 Å². The van der Waals surface area contributed by atoms with Crippen molar-refractivity contribution in [1.29, 1.82) is 0 Å². The molecule has 1 aromatic rings. The maximum absolute atomic E-state index is 14.1. The third-order valence-corrected chi connectivity index (χ3v) is 14.7. The first-order valence-electron chi connectivity index (χ1n) is 16.9. The van der Waals surface area contributed by atoms with Crippen LogP contribution in [0.1, 0.15) is 105 Å². The van der Waals surface area contributed by atoms with Crippen molar-refractivity contribution in [2.45, 2.75) is 99.3 Å². The number of ether oxygens (including phenoxy) is 1. The van der Waals surface area contributed by atoms with Crippen LogP contribution < -0.4 is 5.23 Å². The number of carbonyl (C=O) groups is 2. The van der Waals surface area contributed by atoms with E-state index in [1.54, 1.807) is 25.3 Å². The lowest BCUT2D eigenvalue weighted by atomic mass is 9.32. The molecule has 0 aliphatic heterocycles. The molecule has 0 saturated heterocycles. The molecule has 1 unspecified atom stereocenters. The Balaban J connectivity index is 1.41. The van der Waals surface area contributed by atoms with E-state index in [1.165, 1.54) is 5.57 Å². The maximum Gasteiger partial charge on any atom is 0.312 e. The van der Waals surface area contributed by atoms with E-state index in [0.29, 0.717) is 17.8 Å². The van der Waals surface area contributed by atoms with Gasteiger partial charge in [0.2, 0.25) is 0 Å². The molecule has 1 aromatic carbocycles. The Morgan fingerprint density at radius 1 is 1.02 bits per heavy atom. The molecule has 2 N–H and O–H groups in total. The van der Waals surface area contributed by atoms with Crippen LogP contribution in [0.15, 0.2) is 42.0 Å². The van der Waals surface area contributed by atoms with Crippen LogP contribution in [0.3, 0.4) is 0 Å². The second-order valence-corrected chi connectivity index (χ2v) is 16.7. The lowest BCUT2D eigenvalue weighted by molar-refractivity contribution is -0.991. The molecule has 5 aliphatic rings. The molecule has 0 radical (unpaired) electrons. The number of esters is 1. The summed E-state index contributed by atoms with van der Waals surface area (Å²) in [5.74, 6) is 2.00. The topological polar surface area (TPSA) is 91.1 Å². The molecule has 5 fully saturated rings. The highest BCUT2D eigenvalue weighted by Crippen LogP contribution is 2.77. The second kappa shape index (κ2) is 10.4. The monoisotopic (exact) mass is 603 g/mol. The smallest absolute Gasteiger partial charge is 0.312 e. The van der Waals surface area contributed by atoms with Crippen LogP contribution in [0.4, 0.5) is 5.69 Å². The molecule has 6 nitrogen and oxygen atoms in total. The van der Waals surface area contributed by atoms with Gasteiger partial charge in [-0.15, -0.1) is 0 Å². The van der Waals surface area contributed by atoms with Gasteiger partial charge in [-0.3, -0.25) is 9.59 Å². The van der Waals surface area contributed by atoms with Gasteiger partial charge in [-0.25, -0.2) is 5.21 Å². The summed E-state index contributed by atoms with van der Waals surface area (Å²) in [5.41, 5.74) is 2.27. The van der Waals surface area contributed by atoms with Gasteiger partial charge in [0.1, 0.15) is 0 Å². The lowest BCUT2D eigenvalue weighted by Gasteiger charge is -2.72. The minimum Gasteiger partial charge on any atom is -0.595 e. The zero-order valence-corrected chi connectivity index (χ0v) is 27.9. The molecule has 0 aromatic heterocycles. The Kier molecular flexibility index (Phi) is 7.47. The second-order valence-electron chi connectivity index (χ2n) is 16.7. The molecule has 44 heavy (non-hydrogen) atoms. The molecule has 10 atom stereocenters. The van der Waals surface area contributed by atoms with Crippen molar-refractivity contribution in [1.82, 2.24) is 0 Å². The van der Waals surface area contributed by atoms with Gasteiger partial charge in [0.15, 0.2) is 11.5 Å². The molecular formula is C38H53NO5. The van der Waals surface area contributed by atoms with Crippen molar-refractivity contribution in [3.05, 3.63) is 52.8 Å². The molecule has 5 saturated carbocycles. The van der Waals surface area contributed by atoms with Gasteiger partial charge in [0, 0.05) is 17.5 Å². The van der Waals surface area contributed by atoms with Crippen molar-refractivity contribution in [2.24, 2.45) is 56.7 Å². The average Bonchev–Trinajstić information content (AvgIpc) is 3.37. The zero-order chi connectivity index (χ0) is 32.0. The Morgan fingerprint density at radius 3 is 2.41 bits per heavy atom. The van der Waals surface area contributed by atoms with Crippen LogP contribution in [0.25, 0.3) is 6.08 Å². The molecular weight excluding hydrogens is 550 g/mol. The number of hydrogen-bond acceptors (Lipinski definition) is 5. The number of fused-ring (bicyclic) bond motifs is 7. The molecule has 0 amide bonds. The highest BCUT2D eigenvalue weighted by Gasteiger charge is 2.72. The number of rotatable bonds is 4. The SMILES string of the molecule is C=C(C)[C@H]1CC[C@@]2(C(=O)OC)CC[C@]3(C)[C@@H](CC[C@H]4[C@@]5(C)CC(=Cc6cccc([NH+]([O-])O)c6)C(=O)C(C)(C)[C@H]5CC[C@]43C)[C@@H]12. The van der Waals surface area contributed by atoms with E-state index in [9.17, 15) is 20.0 Å². The maximum atomic E-state index is 14.1. The van der Waals surface area contributed by atoms with Crippen molar-refractivity contribution in [3.63, 3.8) is 0 Å². The first-order chi connectivity index (χ1) is 20.6. The van der Waals surface area contributed by atoms with Crippen LogP contribution in [0.5, 0.6) is 0 Å². The molecule has 6 rings (SSSR count). The summed E-state index contributed by atoms with van der Waals surface area (Å²) in [5, 5.41) is 20.3. The predicted molar refractivity (Wildman–Crippen MR) is 172 cm³/mol. The van der Waals surface area contributed by atoms with Crippen LogP contribution >= 0.6 is 0 Å².